The maximum Gasteiger partial charge on any atom is 0.305 e. The quantitative estimate of drug-likeness (QED) is 0.514. The van der Waals surface area contributed by atoms with Gasteiger partial charge in [-0.15, -0.1) is 12.4 Å². The molecule has 3 rings (SSSR count). The van der Waals surface area contributed by atoms with E-state index in [2.05, 4.69) is 16.0 Å². The van der Waals surface area contributed by atoms with Crippen LogP contribution in [0.25, 0.3) is 0 Å². The normalized spacial score (nSPS) is 13.3. The second-order valence-corrected chi connectivity index (χ2v) is 7.09. The zero-order valence-corrected chi connectivity index (χ0v) is 17.3. The van der Waals surface area contributed by atoms with Crippen LogP contribution in [0.4, 0.5) is 5.69 Å². The molecule has 2 aromatic carbocycles. The van der Waals surface area contributed by atoms with Gasteiger partial charge in [-0.2, -0.15) is 0 Å². The molecule has 4 N–H and O–H groups in total. The minimum Gasteiger partial charge on any atom is -0.481 e. The number of rotatable bonds is 8. The molecule has 0 saturated carbocycles. The van der Waals surface area contributed by atoms with Gasteiger partial charge in [-0.1, -0.05) is 36.4 Å². The SMILES string of the molecule is Cl.O=C(O)CC(NC(=O)CCC(=O)Nc1ccc2c(c1)CNCC2)c1ccccc1. The van der Waals surface area contributed by atoms with E-state index in [0.717, 1.165) is 25.1 Å². The molecule has 1 atom stereocenters. The molecule has 7 nitrogen and oxygen atoms in total. The maximum atomic E-state index is 12.3. The third-order valence-electron chi connectivity index (χ3n) is 4.87. The number of aliphatic carboxylic acids is 1. The Kier molecular flexibility index (Phi) is 8.83. The van der Waals surface area contributed by atoms with E-state index >= 15 is 0 Å². The fourth-order valence-corrected chi connectivity index (χ4v) is 3.39. The topological polar surface area (TPSA) is 108 Å². The van der Waals surface area contributed by atoms with Gasteiger partial charge in [0.1, 0.15) is 0 Å². The van der Waals surface area contributed by atoms with Crippen molar-refractivity contribution in [2.24, 2.45) is 0 Å². The molecule has 0 aliphatic carbocycles. The number of carbonyl (C=O) groups excluding carboxylic acids is 2. The summed E-state index contributed by atoms with van der Waals surface area (Å²) in [5, 5.41) is 17.9. The molecule has 0 fully saturated rings. The Morgan fingerprint density at radius 2 is 1.73 bits per heavy atom. The zero-order valence-electron chi connectivity index (χ0n) is 16.5. The Bertz CT molecular complexity index is 889. The highest BCUT2D eigenvalue weighted by molar-refractivity contribution is 5.93. The molecule has 0 bridgehead atoms. The molecule has 1 unspecified atom stereocenters. The van der Waals surface area contributed by atoms with Crippen molar-refractivity contribution in [3.8, 4) is 0 Å². The van der Waals surface area contributed by atoms with E-state index in [1.807, 2.05) is 24.3 Å². The Morgan fingerprint density at radius 1 is 1.00 bits per heavy atom. The van der Waals surface area contributed by atoms with Crippen LogP contribution in [0.3, 0.4) is 0 Å². The number of hydrogen-bond acceptors (Lipinski definition) is 4. The van der Waals surface area contributed by atoms with Crippen LogP contribution in [0.5, 0.6) is 0 Å². The van der Waals surface area contributed by atoms with Crippen LogP contribution < -0.4 is 16.0 Å². The van der Waals surface area contributed by atoms with Crippen molar-refractivity contribution in [3.63, 3.8) is 0 Å². The van der Waals surface area contributed by atoms with Crippen molar-refractivity contribution >= 4 is 35.9 Å². The first-order valence-corrected chi connectivity index (χ1v) is 9.70. The van der Waals surface area contributed by atoms with Crippen molar-refractivity contribution in [2.45, 2.75) is 38.3 Å². The third-order valence-corrected chi connectivity index (χ3v) is 4.87. The summed E-state index contributed by atoms with van der Waals surface area (Å²) in [7, 11) is 0. The molecule has 8 heteroatoms. The molecule has 1 aliphatic heterocycles. The maximum absolute atomic E-state index is 12.3. The summed E-state index contributed by atoms with van der Waals surface area (Å²) in [5.74, 6) is -1.61. The van der Waals surface area contributed by atoms with E-state index in [1.54, 1.807) is 24.3 Å². The largest absolute Gasteiger partial charge is 0.481 e. The number of carbonyl (C=O) groups is 3. The first-order valence-electron chi connectivity index (χ1n) is 9.70. The molecule has 0 aromatic heterocycles. The van der Waals surface area contributed by atoms with Gasteiger partial charge in [-0.3, -0.25) is 14.4 Å². The average Bonchev–Trinajstić information content (AvgIpc) is 2.72. The van der Waals surface area contributed by atoms with Gasteiger partial charge in [0, 0.05) is 25.1 Å². The molecule has 160 valence electrons. The van der Waals surface area contributed by atoms with Crippen molar-refractivity contribution in [1.29, 1.82) is 0 Å². The number of hydrogen-bond donors (Lipinski definition) is 4. The summed E-state index contributed by atoms with van der Waals surface area (Å²) in [6.45, 7) is 1.74. The van der Waals surface area contributed by atoms with Crippen molar-refractivity contribution in [1.82, 2.24) is 10.6 Å². The van der Waals surface area contributed by atoms with Gasteiger partial charge >= 0.3 is 5.97 Å². The number of carboxylic acids is 1. The van der Waals surface area contributed by atoms with Gasteiger partial charge in [0.05, 0.1) is 12.5 Å². The molecule has 0 radical (unpaired) electrons. The Balaban J connectivity index is 0.00000320. The second kappa shape index (κ2) is 11.3. The van der Waals surface area contributed by atoms with Crippen LogP contribution in [-0.4, -0.2) is 29.4 Å². The highest BCUT2D eigenvalue weighted by atomic mass is 35.5. The van der Waals surface area contributed by atoms with Crippen molar-refractivity contribution in [3.05, 3.63) is 65.2 Å². The number of anilines is 1. The minimum absolute atomic E-state index is 0. The zero-order chi connectivity index (χ0) is 20.6. The van der Waals surface area contributed by atoms with Gasteiger partial charge < -0.3 is 21.1 Å². The van der Waals surface area contributed by atoms with E-state index in [4.69, 9.17) is 5.11 Å². The lowest BCUT2D eigenvalue weighted by Crippen LogP contribution is -2.30. The van der Waals surface area contributed by atoms with Crippen LogP contribution >= 0.6 is 12.4 Å². The lowest BCUT2D eigenvalue weighted by Gasteiger charge is -2.18. The van der Waals surface area contributed by atoms with Crippen LogP contribution in [0, 0.1) is 0 Å². The predicted octanol–water partition coefficient (Wildman–Crippen LogP) is 2.81. The van der Waals surface area contributed by atoms with E-state index in [0.29, 0.717) is 5.69 Å². The number of benzene rings is 2. The highest BCUT2D eigenvalue weighted by Gasteiger charge is 2.18. The molecule has 30 heavy (non-hydrogen) atoms. The van der Waals surface area contributed by atoms with Crippen LogP contribution in [0.2, 0.25) is 0 Å². The summed E-state index contributed by atoms with van der Waals surface area (Å²) < 4.78 is 0. The van der Waals surface area contributed by atoms with Crippen molar-refractivity contribution < 1.29 is 19.5 Å². The first-order chi connectivity index (χ1) is 14.0. The molecular weight excluding hydrogens is 406 g/mol. The Hall–Kier alpha value is -2.90. The number of halogens is 1. The fourth-order valence-electron chi connectivity index (χ4n) is 3.39. The molecular formula is C22H26ClN3O4. The van der Waals surface area contributed by atoms with Gasteiger partial charge in [0.15, 0.2) is 0 Å². The molecule has 0 spiro atoms. The van der Waals surface area contributed by atoms with Crippen molar-refractivity contribution in [2.75, 3.05) is 11.9 Å². The van der Waals surface area contributed by atoms with Crippen LogP contribution in [-0.2, 0) is 27.3 Å². The Labute approximate surface area is 181 Å². The minimum atomic E-state index is -1.00. The second-order valence-electron chi connectivity index (χ2n) is 7.09. The summed E-state index contributed by atoms with van der Waals surface area (Å²) in [4.78, 5) is 35.6. The van der Waals surface area contributed by atoms with E-state index in [1.165, 1.54) is 11.1 Å². The van der Waals surface area contributed by atoms with Gasteiger partial charge in [0.25, 0.3) is 0 Å². The van der Waals surface area contributed by atoms with E-state index in [-0.39, 0.29) is 43.5 Å². The summed E-state index contributed by atoms with van der Waals surface area (Å²) in [6, 6.07) is 14.2. The highest BCUT2D eigenvalue weighted by Crippen LogP contribution is 2.20. The smallest absolute Gasteiger partial charge is 0.305 e. The lowest BCUT2D eigenvalue weighted by atomic mass is 10.0. The molecule has 1 heterocycles. The number of carboxylic acid groups (broad SMARTS) is 1. The Morgan fingerprint density at radius 3 is 2.47 bits per heavy atom. The first kappa shape index (κ1) is 23.4. The molecule has 2 amide bonds. The van der Waals surface area contributed by atoms with Crippen LogP contribution in [0.15, 0.2) is 48.5 Å². The van der Waals surface area contributed by atoms with E-state index < -0.39 is 12.0 Å². The molecule has 2 aromatic rings. The third kappa shape index (κ3) is 6.86. The summed E-state index contributed by atoms with van der Waals surface area (Å²) >= 11 is 0. The fraction of sp³-hybridized carbons (Fsp3) is 0.318. The number of fused-ring (bicyclic) bond motifs is 1. The van der Waals surface area contributed by atoms with E-state index in [9.17, 15) is 14.4 Å². The summed E-state index contributed by atoms with van der Waals surface area (Å²) in [6.07, 6.45) is 0.769. The predicted molar refractivity (Wildman–Crippen MR) is 117 cm³/mol. The van der Waals surface area contributed by atoms with Gasteiger partial charge in [-0.25, -0.2) is 0 Å². The number of nitrogens with one attached hydrogen (secondary N) is 3. The standard InChI is InChI=1S/C22H25N3O4.ClH/c26-20(24-18-7-6-15-10-11-23-14-17(15)12-18)8-9-21(27)25-19(13-22(28)29)16-4-2-1-3-5-16;/h1-7,12,19,23H,8-11,13-14H2,(H,24,26)(H,25,27)(H,28,29);1H. The summed E-state index contributed by atoms with van der Waals surface area (Å²) in [5.41, 5.74) is 3.89. The van der Waals surface area contributed by atoms with Gasteiger partial charge in [0.2, 0.25) is 11.8 Å². The molecule has 1 aliphatic rings. The molecule has 0 saturated heterocycles. The average molecular weight is 432 g/mol. The number of amides is 2. The lowest BCUT2D eigenvalue weighted by molar-refractivity contribution is -0.138. The van der Waals surface area contributed by atoms with Gasteiger partial charge in [-0.05, 0) is 41.8 Å². The monoisotopic (exact) mass is 431 g/mol. The van der Waals surface area contributed by atoms with Crippen LogP contribution in [0.1, 0.15) is 42.0 Å².